The van der Waals surface area contributed by atoms with Crippen LogP contribution in [-0.4, -0.2) is 10.2 Å². The molecule has 52 heavy (non-hydrogen) atoms. The summed E-state index contributed by atoms with van der Waals surface area (Å²) in [4.78, 5) is 4.04. The van der Waals surface area contributed by atoms with E-state index in [-0.39, 0.29) is 10.8 Å². The molecule has 2 nitrogen and oxygen atoms in total. The van der Waals surface area contributed by atoms with Crippen molar-refractivity contribution in [2.75, 3.05) is 0 Å². The van der Waals surface area contributed by atoms with Crippen molar-refractivity contribution in [2.24, 2.45) is 0 Å². The lowest BCUT2D eigenvalue weighted by Gasteiger charge is -2.43. The highest BCUT2D eigenvalue weighted by molar-refractivity contribution is 8.00. The summed E-state index contributed by atoms with van der Waals surface area (Å²) in [6.45, 7) is 30.6. The van der Waals surface area contributed by atoms with Crippen LogP contribution in [0.1, 0.15) is 131 Å². The number of rotatable bonds is 2. The molecule has 7 rings (SSSR count). The molecule has 5 aromatic rings. The number of hydrogen-bond donors (Lipinski definition) is 2. The van der Waals surface area contributed by atoms with Gasteiger partial charge in [-0.1, -0.05) is 101 Å². The fourth-order valence-corrected chi connectivity index (χ4v) is 11.0. The summed E-state index contributed by atoms with van der Waals surface area (Å²) < 4.78 is 0. The molecule has 0 aromatic heterocycles. The first-order chi connectivity index (χ1) is 24.1. The van der Waals surface area contributed by atoms with Gasteiger partial charge in [0.05, 0.1) is 0 Å². The molecule has 0 amide bonds. The predicted octanol–water partition coefficient (Wildman–Crippen LogP) is 12.2. The van der Waals surface area contributed by atoms with Crippen LogP contribution in [0.3, 0.4) is 0 Å². The third kappa shape index (κ3) is 5.38. The van der Waals surface area contributed by atoms with E-state index in [0.29, 0.717) is 0 Å². The molecule has 0 bridgehead atoms. The second-order valence-corrected chi connectivity index (χ2v) is 19.8. The zero-order chi connectivity index (χ0) is 38.0. The van der Waals surface area contributed by atoms with Crippen LogP contribution in [-0.2, 0) is 22.0 Å². The molecule has 0 saturated carbocycles. The zero-order valence-electron chi connectivity index (χ0n) is 33.5. The lowest BCUT2D eigenvalue weighted by molar-refractivity contribution is 0.110. The molecule has 2 N–H and O–H groups in total. The Labute approximate surface area is 320 Å². The molecule has 2 aliphatic rings. The quantitative estimate of drug-likeness (QED) is 0.190. The molecule has 270 valence electrons. The summed E-state index contributed by atoms with van der Waals surface area (Å²) in [5.41, 5.74) is 14.1. The summed E-state index contributed by atoms with van der Waals surface area (Å²) in [5.74, 6) is 0. The Bertz CT molecular complexity index is 2120. The Balaban J connectivity index is 1.61. The number of fused-ring (bicyclic) bond motifs is 4. The highest BCUT2D eigenvalue weighted by Crippen LogP contribution is 2.59. The van der Waals surface area contributed by atoms with Crippen molar-refractivity contribution in [3.05, 3.63) is 150 Å². The predicted molar refractivity (Wildman–Crippen MR) is 220 cm³/mol. The molecule has 4 heteroatoms. The Morgan fingerprint density at radius 3 is 0.981 bits per heavy atom. The molecule has 0 fully saturated rings. The van der Waals surface area contributed by atoms with Gasteiger partial charge in [0, 0.05) is 41.8 Å². The number of hydrogen-bond acceptors (Lipinski definition) is 4. The van der Waals surface area contributed by atoms with Gasteiger partial charge in [-0.15, -0.1) is 0 Å². The van der Waals surface area contributed by atoms with Crippen LogP contribution in [0.2, 0.25) is 0 Å². The third-order valence-electron chi connectivity index (χ3n) is 12.2. The Kier molecular flexibility index (Phi) is 8.63. The average molecular weight is 727 g/mol. The standard InChI is InChI=1S/C48H54O2S2/c1-25-19-26(2)30(6)43(29(25)5)47(49)35-21-33(45(9,10)11)15-17-39(35)51-41-24-38-42(23-37(41)47)52-40-18-16-34(46(12,13)14)22-36(40)48(38,50)44-31(7)27(3)20-28(4)32(44)8/h15-24,49-50H,1-14H3. The van der Waals surface area contributed by atoms with E-state index < -0.39 is 11.2 Å². The Hall–Kier alpha value is -3.28. The second kappa shape index (κ2) is 12.1. The third-order valence-corrected chi connectivity index (χ3v) is 14.5. The fourth-order valence-electron chi connectivity index (χ4n) is 8.62. The second-order valence-electron chi connectivity index (χ2n) is 17.7. The van der Waals surface area contributed by atoms with Crippen LogP contribution in [0.5, 0.6) is 0 Å². The van der Waals surface area contributed by atoms with E-state index >= 15 is 0 Å². The van der Waals surface area contributed by atoms with Gasteiger partial charge in [-0.3, -0.25) is 0 Å². The molecular weight excluding hydrogens is 673 g/mol. The van der Waals surface area contributed by atoms with Crippen LogP contribution in [0.15, 0.2) is 80.2 Å². The molecule has 0 radical (unpaired) electrons. The van der Waals surface area contributed by atoms with Crippen molar-refractivity contribution in [3.8, 4) is 0 Å². The van der Waals surface area contributed by atoms with Gasteiger partial charge in [-0.2, -0.15) is 0 Å². The molecule has 2 unspecified atom stereocenters. The molecular formula is C48H54O2S2. The SMILES string of the molecule is Cc1cc(C)c(C)c(C2(O)c3cc(C(C)(C)C)ccc3Sc3cc4c(cc32)Sc2ccc(C(C)(C)C)cc2C4(O)c2c(C)c(C)cc(C)c2C)c1C. The maximum absolute atomic E-state index is 13.8. The summed E-state index contributed by atoms with van der Waals surface area (Å²) in [6, 6.07) is 22.2. The van der Waals surface area contributed by atoms with Gasteiger partial charge in [0.1, 0.15) is 11.2 Å². The van der Waals surface area contributed by atoms with Crippen LogP contribution < -0.4 is 0 Å². The van der Waals surface area contributed by atoms with Crippen molar-refractivity contribution in [3.63, 3.8) is 0 Å². The topological polar surface area (TPSA) is 40.5 Å². The van der Waals surface area contributed by atoms with Gasteiger partial charge in [0.2, 0.25) is 0 Å². The molecule has 0 saturated heterocycles. The first-order valence-corrected chi connectivity index (χ1v) is 20.2. The minimum Gasteiger partial charge on any atom is -0.376 e. The van der Waals surface area contributed by atoms with Crippen molar-refractivity contribution < 1.29 is 10.2 Å². The normalized spacial score (nSPS) is 19.5. The van der Waals surface area contributed by atoms with E-state index in [1.807, 2.05) is 0 Å². The van der Waals surface area contributed by atoms with Crippen LogP contribution in [0.4, 0.5) is 0 Å². The fraction of sp³-hybridized carbons (Fsp3) is 0.375. The average Bonchev–Trinajstić information content (AvgIpc) is 3.05. The summed E-state index contributed by atoms with van der Waals surface area (Å²) in [6.07, 6.45) is 0. The first kappa shape index (κ1) is 37.1. The maximum Gasteiger partial charge on any atom is 0.143 e. The summed E-state index contributed by atoms with van der Waals surface area (Å²) >= 11 is 3.42. The van der Waals surface area contributed by atoms with Gasteiger partial charge in [0.25, 0.3) is 0 Å². The van der Waals surface area contributed by atoms with E-state index in [4.69, 9.17) is 0 Å². The number of benzene rings is 5. The molecule has 2 atom stereocenters. The minimum absolute atomic E-state index is 0.0903. The van der Waals surface area contributed by atoms with E-state index in [0.717, 1.165) is 75.2 Å². The lowest BCUT2D eigenvalue weighted by atomic mass is 9.71. The largest absolute Gasteiger partial charge is 0.376 e. The Morgan fingerprint density at radius 2 is 0.692 bits per heavy atom. The van der Waals surface area contributed by atoms with E-state index in [9.17, 15) is 10.2 Å². The smallest absolute Gasteiger partial charge is 0.143 e. The summed E-state index contributed by atoms with van der Waals surface area (Å²) in [7, 11) is 0. The van der Waals surface area contributed by atoms with Crippen molar-refractivity contribution in [1.82, 2.24) is 0 Å². The lowest BCUT2D eigenvalue weighted by Crippen LogP contribution is -2.38. The van der Waals surface area contributed by atoms with Gasteiger partial charge in [0.15, 0.2) is 0 Å². The van der Waals surface area contributed by atoms with Crippen LogP contribution in [0.25, 0.3) is 0 Å². The monoisotopic (exact) mass is 726 g/mol. The molecule has 0 aliphatic carbocycles. The summed E-state index contributed by atoms with van der Waals surface area (Å²) in [5, 5.41) is 27.6. The van der Waals surface area contributed by atoms with E-state index in [2.05, 4.69) is 158 Å². The highest BCUT2D eigenvalue weighted by atomic mass is 32.2. The number of aliphatic hydroxyl groups is 2. The number of aryl methyl sites for hydroxylation is 4. The molecule has 2 aliphatic heterocycles. The van der Waals surface area contributed by atoms with Gasteiger partial charge < -0.3 is 10.2 Å². The maximum atomic E-state index is 13.8. The molecule has 5 aromatic carbocycles. The minimum atomic E-state index is -1.40. The van der Waals surface area contributed by atoms with Crippen molar-refractivity contribution in [2.45, 2.75) is 139 Å². The highest BCUT2D eigenvalue weighted by Gasteiger charge is 2.49. The van der Waals surface area contributed by atoms with Crippen LogP contribution >= 0.6 is 23.5 Å². The van der Waals surface area contributed by atoms with Crippen molar-refractivity contribution >= 4 is 23.5 Å². The van der Waals surface area contributed by atoms with Crippen LogP contribution in [0, 0.1) is 55.4 Å². The molecule has 2 heterocycles. The Morgan fingerprint density at radius 1 is 0.404 bits per heavy atom. The van der Waals surface area contributed by atoms with Gasteiger partial charge >= 0.3 is 0 Å². The molecule has 0 spiro atoms. The first-order valence-electron chi connectivity index (χ1n) is 18.5. The van der Waals surface area contributed by atoms with Crippen molar-refractivity contribution in [1.29, 1.82) is 0 Å². The van der Waals surface area contributed by atoms with Gasteiger partial charge in [-0.05, 0) is 157 Å². The van der Waals surface area contributed by atoms with E-state index in [1.54, 1.807) is 23.5 Å². The van der Waals surface area contributed by atoms with E-state index in [1.165, 1.54) is 33.4 Å². The van der Waals surface area contributed by atoms with Gasteiger partial charge in [-0.25, -0.2) is 0 Å². The zero-order valence-corrected chi connectivity index (χ0v) is 35.1.